The number of carbonyl (C=O) groups is 2. The molecule has 0 unspecified atom stereocenters. The van der Waals surface area contributed by atoms with Crippen molar-refractivity contribution in [3.8, 4) is 17.4 Å². The Kier molecular flexibility index (Phi) is 5.31. The Balaban J connectivity index is 2.32. The number of benzene rings is 1. The second-order valence-electron chi connectivity index (χ2n) is 4.61. The number of rotatable bonds is 4. The number of nitrogens with one attached hydrogen (secondary N) is 1. The smallest absolute Gasteiger partial charge is 0.319 e. The molecule has 0 spiro atoms. The Morgan fingerprint density at radius 3 is 2.64 bits per heavy atom. The van der Waals surface area contributed by atoms with Crippen LogP contribution in [0, 0.1) is 21.4 Å². The molecule has 126 valence electrons. The minimum Gasteiger partial charge on any atom is -0.457 e. The van der Waals surface area contributed by atoms with E-state index in [2.05, 4.69) is 15.9 Å². The Bertz CT molecular complexity index is 942. The summed E-state index contributed by atoms with van der Waals surface area (Å²) in [4.78, 5) is 32.5. The lowest BCUT2D eigenvalue weighted by Gasteiger charge is -2.01. The van der Waals surface area contributed by atoms with Gasteiger partial charge in [-0.05, 0) is 34.1 Å². The standard InChI is InChI=1S/C15H9BrN4O5/c16-12-6-9(20(23)24)1-3-11(12)13-4-2-10(25-13)5-8(7-17)14(21)19-15(18)22/h1-6H,(H3,18,19,21,22)/b8-5+. The second kappa shape index (κ2) is 7.41. The molecule has 0 saturated heterocycles. The number of nitro benzene ring substituents is 1. The molecule has 3 amide bonds. The van der Waals surface area contributed by atoms with Gasteiger partial charge in [0, 0.05) is 28.2 Å². The van der Waals surface area contributed by atoms with Gasteiger partial charge in [0.05, 0.1) is 4.92 Å². The molecule has 1 heterocycles. The minimum atomic E-state index is -1.08. The van der Waals surface area contributed by atoms with Crippen LogP contribution in [0.1, 0.15) is 5.76 Å². The first kappa shape index (κ1) is 17.9. The average molecular weight is 405 g/mol. The highest BCUT2D eigenvalue weighted by Gasteiger charge is 2.15. The predicted molar refractivity (Wildman–Crippen MR) is 89.8 cm³/mol. The van der Waals surface area contributed by atoms with E-state index in [1.807, 2.05) is 0 Å². The summed E-state index contributed by atoms with van der Waals surface area (Å²) < 4.78 is 5.96. The van der Waals surface area contributed by atoms with Crippen molar-refractivity contribution in [3.05, 3.63) is 56.3 Å². The van der Waals surface area contributed by atoms with Gasteiger partial charge in [-0.2, -0.15) is 5.26 Å². The summed E-state index contributed by atoms with van der Waals surface area (Å²) in [5.41, 5.74) is 4.91. The van der Waals surface area contributed by atoms with Gasteiger partial charge in [-0.3, -0.25) is 20.2 Å². The Labute approximate surface area is 149 Å². The van der Waals surface area contributed by atoms with Gasteiger partial charge in [-0.15, -0.1) is 0 Å². The highest BCUT2D eigenvalue weighted by Crippen LogP contribution is 2.32. The SMILES string of the molecule is N#C/C(=C\c1ccc(-c2ccc([N+](=O)[O-])cc2Br)o1)C(=O)NC(N)=O. The van der Waals surface area contributed by atoms with Gasteiger partial charge >= 0.3 is 6.03 Å². The lowest BCUT2D eigenvalue weighted by atomic mass is 10.1. The van der Waals surface area contributed by atoms with Gasteiger partial charge in [0.25, 0.3) is 11.6 Å². The zero-order valence-corrected chi connectivity index (χ0v) is 13.9. The van der Waals surface area contributed by atoms with Crippen LogP contribution in [0.5, 0.6) is 0 Å². The fraction of sp³-hybridized carbons (Fsp3) is 0. The first-order valence-electron chi connectivity index (χ1n) is 6.58. The van der Waals surface area contributed by atoms with E-state index < -0.39 is 16.9 Å². The average Bonchev–Trinajstić information content (AvgIpc) is 2.99. The van der Waals surface area contributed by atoms with Crippen LogP contribution in [0.2, 0.25) is 0 Å². The number of nitro groups is 1. The number of primary amides is 1. The third-order valence-electron chi connectivity index (χ3n) is 2.94. The normalized spacial score (nSPS) is 10.8. The second-order valence-corrected chi connectivity index (χ2v) is 5.47. The molecule has 2 aromatic rings. The third kappa shape index (κ3) is 4.30. The highest BCUT2D eigenvalue weighted by molar-refractivity contribution is 9.10. The van der Waals surface area contributed by atoms with Crippen LogP contribution >= 0.6 is 15.9 Å². The molecule has 0 radical (unpaired) electrons. The maximum Gasteiger partial charge on any atom is 0.319 e. The summed E-state index contributed by atoms with van der Waals surface area (Å²) in [6.45, 7) is 0. The Morgan fingerprint density at radius 1 is 1.36 bits per heavy atom. The van der Waals surface area contributed by atoms with E-state index >= 15 is 0 Å². The number of carbonyl (C=O) groups excluding carboxylic acids is 2. The fourth-order valence-corrected chi connectivity index (χ4v) is 2.42. The molecule has 0 aliphatic heterocycles. The molecule has 0 saturated carbocycles. The maximum atomic E-state index is 11.6. The van der Waals surface area contributed by atoms with Gasteiger partial charge in [-0.25, -0.2) is 4.79 Å². The number of nitrogens with zero attached hydrogens (tertiary/aromatic N) is 2. The van der Waals surface area contributed by atoms with E-state index in [0.717, 1.165) is 6.08 Å². The molecular formula is C15H9BrN4O5. The molecule has 9 nitrogen and oxygen atoms in total. The fourth-order valence-electron chi connectivity index (χ4n) is 1.86. The number of hydrogen-bond donors (Lipinski definition) is 2. The van der Waals surface area contributed by atoms with Crippen molar-refractivity contribution < 1.29 is 18.9 Å². The third-order valence-corrected chi connectivity index (χ3v) is 3.60. The number of nitriles is 1. The monoisotopic (exact) mass is 404 g/mol. The van der Waals surface area contributed by atoms with Crippen molar-refractivity contribution >= 4 is 39.6 Å². The molecule has 0 atom stereocenters. The first-order chi connectivity index (χ1) is 11.8. The summed E-state index contributed by atoms with van der Waals surface area (Å²) in [5.74, 6) is -0.415. The van der Waals surface area contributed by atoms with Gasteiger partial charge in [-0.1, -0.05) is 0 Å². The summed E-state index contributed by atoms with van der Waals surface area (Å²) in [5, 5.41) is 21.5. The van der Waals surface area contributed by atoms with Crippen LogP contribution in [0.15, 0.2) is 44.8 Å². The van der Waals surface area contributed by atoms with Crippen molar-refractivity contribution in [1.82, 2.24) is 5.32 Å². The lowest BCUT2D eigenvalue weighted by Crippen LogP contribution is -2.35. The van der Waals surface area contributed by atoms with E-state index in [4.69, 9.17) is 15.4 Å². The van der Waals surface area contributed by atoms with E-state index in [9.17, 15) is 19.7 Å². The summed E-state index contributed by atoms with van der Waals surface area (Å²) in [7, 11) is 0. The van der Waals surface area contributed by atoms with Crippen molar-refractivity contribution in [1.29, 1.82) is 5.26 Å². The van der Waals surface area contributed by atoms with E-state index in [1.165, 1.54) is 24.3 Å². The van der Waals surface area contributed by atoms with Gasteiger partial charge in [0.15, 0.2) is 0 Å². The Morgan fingerprint density at radius 2 is 2.08 bits per heavy atom. The van der Waals surface area contributed by atoms with Crippen LogP contribution in [-0.2, 0) is 4.79 Å². The van der Waals surface area contributed by atoms with Crippen molar-refractivity contribution in [2.24, 2.45) is 5.73 Å². The molecular weight excluding hydrogens is 396 g/mol. The summed E-state index contributed by atoms with van der Waals surface area (Å²) >= 11 is 3.23. The van der Waals surface area contributed by atoms with Gasteiger partial charge in [0.1, 0.15) is 23.2 Å². The molecule has 0 aliphatic rings. The zero-order valence-electron chi connectivity index (χ0n) is 12.4. The minimum absolute atomic E-state index is 0.0859. The van der Waals surface area contributed by atoms with Gasteiger partial charge < -0.3 is 10.2 Å². The van der Waals surface area contributed by atoms with Crippen molar-refractivity contribution in [2.75, 3.05) is 0 Å². The van der Waals surface area contributed by atoms with Crippen LogP contribution in [0.3, 0.4) is 0 Å². The van der Waals surface area contributed by atoms with Crippen molar-refractivity contribution in [2.45, 2.75) is 0 Å². The topological polar surface area (TPSA) is 152 Å². The number of imide groups is 1. The van der Waals surface area contributed by atoms with Crippen LogP contribution < -0.4 is 11.1 Å². The number of hydrogen-bond acceptors (Lipinski definition) is 6. The first-order valence-corrected chi connectivity index (χ1v) is 7.38. The molecule has 0 aliphatic carbocycles. The van der Waals surface area contributed by atoms with Gasteiger partial charge in [0.2, 0.25) is 0 Å². The van der Waals surface area contributed by atoms with E-state index in [0.29, 0.717) is 15.8 Å². The summed E-state index contributed by atoms with van der Waals surface area (Å²) in [6.07, 6.45) is 1.14. The number of halogens is 1. The molecule has 0 fully saturated rings. The number of non-ortho nitro benzene ring substituents is 1. The van der Waals surface area contributed by atoms with Crippen molar-refractivity contribution in [3.63, 3.8) is 0 Å². The van der Waals surface area contributed by atoms with E-state index in [1.54, 1.807) is 17.5 Å². The number of furan rings is 1. The molecule has 2 rings (SSSR count). The van der Waals surface area contributed by atoms with Crippen LogP contribution in [0.25, 0.3) is 17.4 Å². The number of amides is 3. The molecule has 10 heteroatoms. The maximum absolute atomic E-state index is 11.6. The largest absolute Gasteiger partial charge is 0.457 e. The lowest BCUT2D eigenvalue weighted by molar-refractivity contribution is -0.384. The zero-order chi connectivity index (χ0) is 18.6. The number of nitrogens with two attached hydrogens (primary N) is 1. The molecule has 3 N–H and O–H groups in total. The quantitative estimate of drug-likeness (QED) is 0.345. The van der Waals surface area contributed by atoms with Crippen LogP contribution in [-0.4, -0.2) is 16.9 Å². The van der Waals surface area contributed by atoms with E-state index in [-0.39, 0.29) is 17.0 Å². The highest BCUT2D eigenvalue weighted by atomic mass is 79.9. The van der Waals surface area contributed by atoms with Crippen LogP contribution in [0.4, 0.5) is 10.5 Å². The molecule has 0 bridgehead atoms. The predicted octanol–water partition coefficient (Wildman–Crippen LogP) is 2.72. The Hall–Kier alpha value is -3.45. The molecule has 25 heavy (non-hydrogen) atoms. The molecule has 1 aromatic carbocycles. The summed E-state index contributed by atoms with van der Waals surface area (Å²) in [6, 6.07) is 7.76. The molecule has 1 aromatic heterocycles. The number of urea groups is 1.